The smallest absolute Gasteiger partial charge is 1.00 e. The van der Waals surface area contributed by atoms with Crippen LogP contribution in [0, 0.1) is 0 Å². The Morgan fingerprint density at radius 2 is 1.40 bits per heavy atom. The van der Waals surface area contributed by atoms with Crippen molar-refractivity contribution in [1.29, 1.82) is 0 Å². The Hall–Kier alpha value is -1.23. The molecule has 0 amide bonds. The molecule has 0 saturated heterocycles. The monoisotopic (exact) mass is 615 g/mol. The van der Waals surface area contributed by atoms with E-state index in [9.17, 15) is 0 Å². The Morgan fingerprint density at radius 3 is 2.06 bits per heavy atom. The molecule has 182 valence electrons. The third-order valence-electron chi connectivity index (χ3n) is 5.63. The Labute approximate surface area is 237 Å². The van der Waals surface area contributed by atoms with Gasteiger partial charge in [0.15, 0.2) is 0 Å². The summed E-state index contributed by atoms with van der Waals surface area (Å²) in [6.45, 7) is 11.3. The summed E-state index contributed by atoms with van der Waals surface area (Å²) < 4.78 is 12.6. The average Bonchev–Trinajstić information content (AvgIpc) is 3.28. The van der Waals surface area contributed by atoms with Gasteiger partial charge >= 0.3 is 41.9 Å². The summed E-state index contributed by atoms with van der Waals surface area (Å²) in [5, 5.41) is 5.17. The topological polar surface area (TPSA) is 18.5 Å². The molecule has 0 radical (unpaired) electrons. The fourth-order valence-corrected chi connectivity index (χ4v) is 5.37. The van der Waals surface area contributed by atoms with Crippen LogP contribution in [-0.4, -0.2) is 20.9 Å². The fraction of sp³-hybridized carbons (Fsp3) is 0.250. The number of hydrogen-bond donors (Lipinski definition) is 0. The molecule has 0 heterocycles. The molecule has 0 spiro atoms. The van der Waals surface area contributed by atoms with Crippen molar-refractivity contribution in [2.75, 3.05) is 7.11 Å². The largest absolute Gasteiger partial charge is 1.00 e. The average molecular weight is 618 g/mol. The van der Waals surface area contributed by atoms with Crippen molar-refractivity contribution >= 4 is 41.1 Å². The van der Waals surface area contributed by atoms with E-state index in [1.165, 1.54) is 32.7 Å². The van der Waals surface area contributed by atoms with Gasteiger partial charge in [-0.05, 0) is 25.2 Å². The molecule has 0 N–H and O–H groups in total. The third-order valence-corrected chi connectivity index (χ3v) is 6.45. The summed E-state index contributed by atoms with van der Waals surface area (Å²) in [5.41, 5.74) is 3.90. The summed E-state index contributed by atoms with van der Waals surface area (Å²) in [5.74, 6) is 1.88. The van der Waals surface area contributed by atoms with E-state index in [-0.39, 0.29) is 36.2 Å². The number of rotatable bonds is 4. The Balaban J connectivity index is 0.000000672. The van der Waals surface area contributed by atoms with Crippen LogP contribution < -0.4 is 24.8 Å². The van der Waals surface area contributed by atoms with E-state index in [0.29, 0.717) is 0 Å². The van der Waals surface area contributed by atoms with E-state index in [1.807, 2.05) is 0 Å². The molecule has 35 heavy (non-hydrogen) atoms. The van der Waals surface area contributed by atoms with Crippen LogP contribution in [0.15, 0.2) is 78.6 Å². The minimum atomic E-state index is -1.80. The van der Waals surface area contributed by atoms with E-state index in [0.717, 1.165) is 17.1 Å². The van der Waals surface area contributed by atoms with Gasteiger partial charge in [0.1, 0.15) is 11.5 Å². The number of hydrogen-bond acceptors (Lipinski definition) is 2. The standard InChI is InChI=1S/C26H25O2Si.C2H6Si.2ClH.Zr/c1-27-26-24(20-12-7-8-13-22(20)25(26)28-29(2,3)4)21-15-9-14-19-18-11-6-5-10-17(18)16-23(19)21;1-3-2;;;/h5-16,24H,1-4H3;1-2H3;2*1H;/q-1;;;;+2/p-2. The summed E-state index contributed by atoms with van der Waals surface area (Å²) >= 11 is 1.74. The first-order valence-corrected chi connectivity index (χ1v) is 21.0. The van der Waals surface area contributed by atoms with Crippen LogP contribution in [0.1, 0.15) is 22.6 Å². The Kier molecular flexibility index (Phi) is 10.6. The van der Waals surface area contributed by atoms with Crippen molar-refractivity contribution in [3.05, 3.63) is 95.2 Å². The number of fused-ring (bicyclic) bond motifs is 4. The zero-order chi connectivity index (χ0) is 23.8. The van der Waals surface area contributed by atoms with E-state index in [2.05, 4.69) is 106 Å². The van der Waals surface area contributed by atoms with Gasteiger partial charge in [-0.25, -0.2) is 0 Å². The molecule has 0 aromatic heterocycles. The molecule has 2 nitrogen and oxygen atoms in total. The number of allylic oxidation sites excluding steroid dienone is 1. The first-order valence-electron chi connectivity index (χ1n) is 11.4. The molecule has 0 bridgehead atoms. The van der Waals surface area contributed by atoms with Crippen LogP contribution in [0.3, 0.4) is 0 Å². The zero-order valence-electron chi connectivity index (χ0n) is 21.1. The quantitative estimate of drug-likeness (QED) is 0.257. The number of halogens is 2. The van der Waals surface area contributed by atoms with Gasteiger partial charge in [-0.3, -0.25) is 0 Å². The molecule has 7 heteroatoms. The van der Waals surface area contributed by atoms with Gasteiger partial charge in [0.05, 0.1) is 7.11 Å². The molecule has 1 aliphatic carbocycles. The van der Waals surface area contributed by atoms with Gasteiger partial charge in [-0.2, -0.15) is 0 Å². The third kappa shape index (κ3) is 6.37. The van der Waals surface area contributed by atoms with Crippen LogP contribution in [0.4, 0.5) is 0 Å². The number of methoxy groups -OCH3 is 1. The predicted octanol–water partition coefficient (Wildman–Crippen LogP) is 1.82. The number of benzene rings is 3. The van der Waals surface area contributed by atoms with Crippen molar-refractivity contribution in [3.63, 3.8) is 0 Å². The van der Waals surface area contributed by atoms with E-state index >= 15 is 0 Å². The van der Waals surface area contributed by atoms with Crippen LogP contribution in [-0.2, 0) is 32.5 Å². The van der Waals surface area contributed by atoms with E-state index in [4.69, 9.17) is 9.16 Å². The second kappa shape index (κ2) is 12.3. The van der Waals surface area contributed by atoms with Gasteiger partial charge in [-0.15, -0.1) is 33.7 Å². The van der Waals surface area contributed by atoms with Gasteiger partial charge in [-0.1, -0.05) is 66.2 Å². The summed E-state index contributed by atoms with van der Waals surface area (Å²) in [4.78, 5) is 0. The molecule has 4 aromatic carbocycles. The predicted molar refractivity (Wildman–Crippen MR) is 141 cm³/mol. The summed E-state index contributed by atoms with van der Waals surface area (Å²) in [6, 6.07) is 26.1. The molecule has 0 fully saturated rings. The first kappa shape index (κ1) is 30.0. The summed E-state index contributed by atoms with van der Waals surface area (Å²) in [6.07, 6.45) is 0. The second-order valence-corrected chi connectivity index (χ2v) is 23.5. The normalized spacial score (nSPS) is 14.5. The van der Waals surface area contributed by atoms with Gasteiger partial charge in [0.25, 0.3) is 0 Å². The van der Waals surface area contributed by atoms with E-state index < -0.39 is 8.32 Å². The Bertz CT molecular complexity index is 1370. The van der Waals surface area contributed by atoms with Crippen molar-refractivity contribution in [3.8, 4) is 0 Å². The first-order chi connectivity index (χ1) is 15.7. The fourth-order valence-electron chi connectivity index (χ4n) is 4.55. The zero-order valence-corrected chi connectivity index (χ0v) is 27.0. The van der Waals surface area contributed by atoms with Crippen molar-refractivity contribution in [2.45, 2.75) is 38.7 Å². The molecule has 4 aromatic rings. The molecular formula is C28H31Cl2O2Si2Zr-. The van der Waals surface area contributed by atoms with Gasteiger partial charge in [0.2, 0.25) is 8.32 Å². The maximum absolute atomic E-state index is 6.54. The van der Waals surface area contributed by atoms with E-state index in [1.54, 1.807) is 30.4 Å². The van der Waals surface area contributed by atoms with Crippen molar-refractivity contribution in [2.24, 2.45) is 0 Å². The minimum Gasteiger partial charge on any atom is -1.00 e. The van der Waals surface area contributed by atoms with Crippen LogP contribution in [0.5, 0.6) is 0 Å². The van der Waals surface area contributed by atoms with Gasteiger partial charge in [0, 0.05) is 11.5 Å². The molecule has 5 rings (SSSR count). The van der Waals surface area contributed by atoms with Crippen molar-refractivity contribution < 1.29 is 57.3 Å². The maximum Gasteiger partial charge on any atom is -1.00 e. The molecular weight excluding hydrogens is 587 g/mol. The van der Waals surface area contributed by atoms with Crippen LogP contribution in [0.25, 0.3) is 27.3 Å². The number of ether oxygens (including phenoxy) is 1. The van der Waals surface area contributed by atoms with Gasteiger partial charge < -0.3 is 34.0 Å². The molecule has 1 aliphatic rings. The van der Waals surface area contributed by atoms with Crippen LogP contribution in [0.2, 0.25) is 32.7 Å². The SMILES string of the molecule is COC1=C(O[Si](C)(C)C)c2ccccc2C1c1cccc2c1[cH-]c1ccccc12.C[Si](C)=[Zr+2].[Cl-].[Cl-]. The molecule has 0 aliphatic heterocycles. The maximum atomic E-state index is 6.54. The van der Waals surface area contributed by atoms with Crippen LogP contribution >= 0.6 is 0 Å². The van der Waals surface area contributed by atoms with Crippen molar-refractivity contribution in [1.82, 2.24) is 0 Å². The molecule has 1 atom stereocenters. The molecule has 1 unspecified atom stereocenters. The second-order valence-electron chi connectivity index (χ2n) is 9.67. The molecule has 0 saturated carbocycles. The minimum absolute atomic E-state index is 0. The Morgan fingerprint density at radius 1 is 0.829 bits per heavy atom. The summed E-state index contributed by atoms with van der Waals surface area (Å²) in [7, 11) is -0.0300.